The molecule has 0 radical (unpaired) electrons. The van der Waals surface area contributed by atoms with Gasteiger partial charge in [0.05, 0.1) is 43.1 Å². The number of oxazole rings is 1. The highest BCUT2D eigenvalue weighted by molar-refractivity contribution is 6.74. The number of ether oxygens (including phenoxy) is 3. The van der Waals surface area contributed by atoms with Gasteiger partial charge in [-0.2, -0.15) is 0 Å². The summed E-state index contributed by atoms with van der Waals surface area (Å²) in [5.41, 5.74) is 5.91. The summed E-state index contributed by atoms with van der Waals surface area (Å²) < 4.78 is 31.4. The van der Waals surface area contributed by atoms with Crippen LogP contribution in [0.4, 0.5) is 5.69 Å². The Hall–Kier alpha value is -3.93. The Morgan fingerprint density at radius 1 is 0.981 bits per heavy atom. The van der Waals surface area contributed by atoms with Crippen molar-refractivity contribution < 1.29 is 28.0 Å². The van der Waals surface area contributed by atoms with Crippen molar-refractivity contribution >= 4 is 20.1 Å². The lowest BCUT2D eigenvalue weighted by molar-refractivity contribution is -0.384. The summed E-state index contributed by atoms with van der Waals surface area (Å²) in [4.78, 5) is 15.2. The fourth-order valence-electron chi connectivity index (χ4n) is 5.63. The highest BCUT2D eigenvalue weighted by Gasteiger charge is 2.37. The molecule has 0 saturated heterocycles. The lowest BCUT2D eigenvalue weighted by atomic mass is 9.88. The molecule has 0 aliphatic heterocycles. The van der Waals surface area contributed by atoms with Crippen molar-refractivity contribution in [2.24, 2.45) is 5.92 Å². The Balaban J connectivity index is 1.91. The molecule has 2 aromatic carbocycles. The fourth-order valence-corrected chi connectivity index (χ4v) is 6.57. The van der Waals surface area contributed by atoms with Crippen molar-refractivity contribution in [1.29, 1.82) is 0 Å². The van der Waals surface area contributed by atoms with E-state index in [-0.39, 0.29) is 41.6 Å². The molecule has 0 aliphatic rings. The molecule has 0 N–H and O–H groups in total. The topological polar surface area (TPSA) is 106 Å². The van der Waals surface area contributed by atoms with Crippen molar-refractivity contribution in [3.63, 3.8) is 0 Å². The number of hydrogen-bond donors (Lipinski definition) is 0. The van der Waals surface area contributed by atoms with Crippen LogP contribution in [0.3, 0.4) is 0 Å². The van der Waals surface area contributed by atoms with Crippen LogP contribution < -0.4 is 0 Å². The highest BCUT2D eigenvalue weighted by Crippen LogP contribution is 2.36. The summed E-state index contributed by atoms with van der Waals surface area (Å²) in [5, 5.41) is 11.4. The normalized spacial score (nSPS) is 15.8. The third-order valence-corrected chi connectivity index (χ3v) is 14.5. The zero-order chi connectivity index (χ0) is 39.2. The summed E-state index contributed by atoms with van der Waals surface area (Å²) in [6, 6.07) is 16.7. The number of hydrogen-bond acceptors (Lipinski definition) is 8. The van der Waals surface area contributed by atoms with E-state index in [1.807, 2.05) is 50.3 Å². The molecule has 0 unspecified atom stereocenters. The van der Waals surface area contributed by atoms with Crippen LogP contribution in [0.1, 0.15) is 77.6 Å². The molecule has 1 heterocycles. The number of methoxy groups -OCH3 is 1. The Morgan fingerprint density at radius 3 is 2.21 bits per heavy atom. The molecule has 0 fully saturated rings. The molecule has 0 spiro atoms. The smallest absolute Gasteiger partial charge is 0.269 e. The predicted molar refractivity (Wildman–Crippen MR) is 216 cm³/mol. The monoisotopic (exact) mass is 744 g/mol. The molecule has 3 rings (SSSR count). The van der Waals surface area contributed by atoms with E-state index in [0.717, 1.165) is 33.5 Å². The fraction of sp³-hybridized carbons (Fsp3) is 0.465. The zero-order valence-corrected chi connectivity index (χ0v) is 34.6. The maximum absolute atomic E-state index is 11.3. The molecule has 1 aromatic heterocycles. The summed E-state index contributed by atoms with van der Waals surface area (Å²) in [5.74, 6) is 0.542. The number of nitrogens with zero attached hydrogens (tertiary/aromatic N) is 2. The van der Waals surface area contributed by atoms with Gasteiger partial charge in [0.25, 0.3) is 5.69 Å². The minimum Gasteiger partial charge on any atom is -0.449 e. The number of benzene rings is 2. The van der Waals surface area contributed by atoms with E-state index in [1.54, 1.807) is 25.5 Å². The maximum atomic E-state index is 11.3. The van der Waals surface area contributed by atoms with Gasteiger partial charge in [-0.1, -0.05) is 82.3 Å². The van der Waals surface area contributed by atoms with E-state index in [4.69, 9.17) is 23.1 Å². The molecule has 10 heteroatoms. The van der Waals surface area contributed by atoms with Gasteiger partial charge in [0.1, 0.15) is 12.0 Å². The lowest BCUT2D eigenvalue weighted by Crippen LogP contribution is -2.40. The number of nitro benzene ring substituents is 1. The predicted octanol–water partition coefficient (Wildman–Crippen LogP) is 11.0. The Bertz CT molecular complexity index is 1700. The number of aryl methyl sites for hydroxylation is 1. The van der Waals surface area contributed by atoms with Gasteiger partial charge in [-0.25, -0.2) is 4.98 Å². The second kappa shape index (κ2) is 20.5. The van der Waals surface area contributed by atoms with Crippen LogP contribution in [0.5, 0.6) is 0 Å². The van der Waals surface area contributed by atoms with Crippen LogP contribution in [0.25, 0.3) is 6.08 Å². The first kappa shape index (κ1) is 43.5. The van der Waals surface area contributed by atoms with Crippen molar-refractivity contribution in [3.8, 4) is 0 Å². The van der Waals surface area contributed by atoms with Gasteiger partial charge in [-0.15, -0.1) is 0 Å². The second-order valence-corrected chi connectivity index (χ2v) is 20.1. The van der Waals surface area contributed by atoms with E-state index in [2.05, 4.69) is 83.9 Å². The summed E-state index contributed by atoms with van der Waals surface area (Å²) in [6.07, 6.45) is 11.6. The van der Waals surface area contributed by atoms with Gasteiger partial charge in [-0.3, -0.25) is 10.1 Å². The molecule has 53 heavy (non-hydrogen) atoms. The largest absolute Gasteiger partial charge is 0.449 e. The Labute approximate surface area is 318 Å². The number of nitro groups is 1. The van der Waals surface area contributed by atoms with E-state index in [1.165, 1.54) is 12.1 Å². The first-order valence-electron chi connectivity index (χ1n) is 18.3. The number of rotatable bonds is 20. The molecule has 0 aliphatic carbocycles. The van der Waals surface area contributed by atoms with Crippen LogP contribution in [0, 0.1) is 23.0 Å². The summed E-state index contributed by atoms with van der Waals surface area (Å²) >= 11 is 0. The number of non-ortho nitro benzene ring substituents is 1. The Morgan fingerprint density at radius 2 is 1.62 bits per heavy atom. The van der Waals surface area contributed by atoms with Crippen molar-refractivity contribution in [2.75, 3.05) is 13.7 Å². The molecule has 288 valence electrons. The second-order valence-electron chi connectivity index (χ2n) is 15.3. The van der Waals surface area contributed by atoms with Crippen molar-refractivity contribution in [2.45, 2.75) is 111 Å². The third-order valence-electron chi connectivity index (χ3n) is 10.0. The summed E-state index contributed by atoms with van der Waals surface area (Å²) in [6.45, 7) is 22.6. The van der Waals surface area contributed by atoms with Gasteiger partial charge in [-0.05, 0) is 85.0 Å². The maximum Gasteiger partial charge on any atom is 0.269 e. The first-order chi connectivity index (χ1) is 25.0. The van der Waals surface area contributed by atoms with Crippen LogP contribution in [-0.4, -0.2) is 50.3 Å². The highest BCUT2D eigenvalue weighted by atomic mass is 28.4. The van der Waals surface area contributed by atoms with Crippen LogP contribution >= 0.6 is 0 Å². The van der Waals surface area contributed by atoms with E-state index >= 15 is 0 Å². The van der Waals surface area contributed by atoms with E-state index in [0.29, 0.717) is 25.5 Å². The third kappa shape index (κ3) is 14.1. The first-order valence-corrected chi connectivity index (χ1v) is 21.2. The number of allylic oxidation sites excluding steroid dienone is 4. The van der Waals surface area contributed by atoms with E-state index < -0.39 is 13.2 Å². The summed E-state index contributed by atoms with van der Waals surface area (Å²) in [7, 11) is -0.227. The van der Waals surface area contributed by atoms with Gasteiger partial charge < -0.3 is 23.1 Å². The minimum absolute atomic E-state index is 0.0446. The molecule has 0 saturated carbocycles. The number of aromatic nitrogens is 1. The van der Waals surface area contributed by atoms with E-state index in [9.17, 15) is 10.1 Å². The average molecular weight is 745 g/mol. The SMILES string of the molecule is CO[C@@H](/C(C)=C/C=C/C(C)=C/c1coc(C)n1)[C@@H](C)[C@@H](C[C@H](OCc1ccccc1)/C(C)=C/CO[Si](C)(C)C(C)(C)C)OCc1ccc([N+](=O)[O-])cc1. The standard InChI is InChI=1S/C43H60N2O7Si/c1-31(26-38-30-49-35(5)44-38)16-15-17-33(3)42(48-9)34(4)41(51-29-37-20-22-39(23-21-37)45(46)47)27-40(50-28-36-18-13-12-14-19-36)32(2)24-25-52-53(10,11)43(6,7)8/h12-24,26,30,34,40-42H,25,27-29H2,1-11H3/b16-15+,31-26+,32-24+,33-17+/t34-,40-,41+,42-/m0/s1. The van der Waals surface area contributed by atoms with Gasteiger partial charge in [0.15, 0.2) is 14.2 Å². The molecular weight excluding hydrogens is 685 g/mol. The van der Waals surface area contributed by atoms with Crippen molar-refractivity contribution in [3.05, 3.63) is 135 Å². The Kier molecular flexibility index (Phi) is 16.8. The van der Waals surface area contributed by atoms with Crippen LogP contribution in [0.2, 0.25) is 18.1 Å². The van der Waals surface area contributed by atoms with Crippen LogP contribution in [-0.2, 0) is 31.9 Å². The minimum atomic E-state index is -1.95. The quantitative estimate of drug-likeness (QED) is 0.0370. The molecule has 3 aromatic rings. The van der Waals surface area contributed by atoms with Gasteiger partial charge >= 0.3 is 0 Å². The average Bonchev–Trinajstić information content (AvgIpc) is 3.51. The molecule has 0 amide bonds. The molecular formula is C43H60N2O7Si. The molecule has 0 bridgehead atoms. The molecule has 9 nitrogen and oxygen atoms in total. The van der Waals surface area contributed by atoms with Crippen LogP contribution in [0.15, 0.2) is 106 Å². The lowest BCUT2D eigenvalue weighted by Gasteiger charge is -2.36. The van der Waals surface area contributed by atoms with Crippen molar-refractivity contribution in [1.82, 2.24) is 4.98 Å². The molecule has 4 atom stereocenters. The van der Waals surface area contributed by atoms with Gasteiger partial charge in [0, 0.05) is 38.5 Å². The zero-order valence-electron chi connectivity index (χ0n) is 33.6. The van der Waals surface area contributed by atoms with Gasteiger partial charge in [0.2, 0.25) is 0 Å².